The van der Waals surface area contributed by atoms with Crippen LogP contribution in [0.3, 0.4) is 0 Å². The Balaban J connectivity index is 1.29. The maximum absolute atomic E-state index is 8.24. The minimum Gasteiger partial charge on any atom is -0.457 e. The number of hydrogen-bond acceptors (Lipinski definition) is 3. The smallest absolute Gasteiger partial charge is 0.137 e. The molecule has 0 atom stereocenters. The molecule has 0 aliphatic carbocycles. The van der Waals surface area contributed by atoms with Crippen LogP contribution in [0.5, 0.6) is 11.5 Å². The number of pyridine rings is 1. The summed E-state index contributed by atoms with van der Waals surface area (Å²) in [5, 5.41) is 7.19. The van der Waals surface area contributed by atoms with Gasteiger partial charge in [-0.1, -0.05) is 61.9 Å². The second kappa shape index (κ2) is 11.3. The monoisotopic (exact) mass is 563 g/mol. The minimum atomic E-state index is 0.424. The second-order valence-corrected chi connectivity index (χ2v) is 11.0. The fourth-order valence-corrected chi connectivity index (χ4v) is 6.06. The van der Waals surface area contributed by atoms with Crippen molar-refractivity contribution in [2.24, 2.45) is 0 Å². The molecule has 3 aromatic heterocycles. The van der Waals surface area contributed by atoms with Crippen molar-refractivity contribution in [1.82, 2.24) is 19.3 Å². The normalized spacial score (nSPS) is 11.7. The van der Waals surface area contributed by atoms with Gasteiger partial charge in [-0.05, 0) is 86.3 Å². The van der Waals surface area contributed by atoms with E-state index in [1.807, 2.05) is 35.0 Å². The van der Waals surface area contributed by atoms with Gasteiger partial charge in [-0.15, -0.1) is 0 Å². The lowest BCUT2D eigenvalue weighted by Crippen LogP contribution is -1.99. The van der Waals surface area contributed by atoms with E-state index in [0.29, 0.717) is 6.04 Å². The van der Waals surface area contributed by atoms with Crippen molar-refractivity contribution < 1.29 is 6.11 Å². The van der Waals surface area contributed by atoms with Crippen LogP contribution in [-0.4, -0.2) is 19.3 Å². The average Bonchev–Trinajstić information content (AvgIpc) is 3.52. The van der Waals surface area contributed by atoms with E-state index < -0.39 is 0 Å². The van der Waals surface area contributed by atoms with Crippen molar-refractivity contribution >= 4 is 21.8 Å². The summed E-state index contributed by atoms with van der Waals surface area (Å²) in [5.41, 5.74) is 8.71. The van der Waals surface area contributed by atoms with Crippen LogP contribution in [0.4, 0.5) is 0 Å². The van der Waals surface area contributed by atoms with Gasteiger partial charge in [0.1, 0.15) is 17.3 Å². The number of hydrogen-bond donors (Lipinski definition) is 0. The van der Waals surface area contributed by atoms with E-state index in [4.69, 9.17) is 11.2 Å². The zero-order valence-corrected chi connectivity index (χ0v) is 24.7. The summed E-state index contributed by atoms with van der Waals surface area (Å²) in [7, 11) is 0. The van der Waals surface area contributed by atoms with Crippen LogP contribution in [0.2, 0.25) is 0 Å². The molecule has 7 aromatic rings. The third-order valence-corrected chi connectivity index (χ3v) is 8.09. The molecule has 0 saturated carbocycles. The fourth-order valence-electron chi connectivity index (χ4n) is 6.06. The largest absolute Gasteiger partial charge is 0.457 e. The van der Waals surface area contributed by atoms with Gasteiger partial charge in [0.2, 0.25) is 0 Å². The molecule has 0 aliphatic rings. The van der Waals surface area contributed by atoms with Gasteiger partial charge in [0.05, 0.1) is 23.8 Å². The standard InChI is InChI=1S/C38H34N4O/c1-4-5-12-28-18-21-35-34(23-28)33-20-19-32(25-36(33)41(35)37-17-9-10-22-39-37)43-31-16-11-15-30(24-31)42-27(3)38(26(2)40-42)29-13-7-6-8-14-29/h6-11,13-25H,4-5,12H2,1-3H3/i9D. The van der Waals surface area contributed by atoms with E-state index in [-0.39, 0.29) is 0 Å². The highest BCUT2D eigenvalue weighted by Gasteiger charge is 2.17. The molecule has 0 radical (unpaired) electrons. The lowest BCUT2D eigenvalue weighted by Gasteiger charge is -2.11. The third kappa shape index (κ3) is 4.97. The van der Waals surface area contributed by atoms with Gasteiger partial charge in [-0.3, -0.25) is 4.57 Å². The Morgan fingerprint density at radius 2 is 1.65 bits per heavy atom. The highest BCUT2D eigenvalue weighted by Crippen LogP contribution is 2.36. The predicted octanol–water partition coefficient (Wildman–Crippen LogP) is 9.78. The molecular weight excluding hydrogens is 528 g/mol. The highest BCUT2D eigenvalue weighted by atomic mass is 16.5. The molecule has 0 N–H and O–H groups in total. The topological polar surface area (TPSA) is 44.9 Å². The zero-order chi connectivity index (χ0) is 30.2. The maximum atomic E-state index is 8.24. The summed E-state index contributed by atoms with van der Waals surface area (Å²) in [4.78, 5) is 4.64. The average molecular weight is 564 g/mol. The second-order valence-electron chi connectivity index (χ2n) is 11.0. The van der Waals surface area contributed by atoms with Crippen LogP contribution in [0, 0.1) is 13.8 Å². The Hall–Kier alpha value is -5.16. The van der Waals surface area contributed by atoms with Gasteiger partial charge in [0.25, 0.3) is 0 Å². The van der Waals surface area contributed by atoms with Crippen molar-refractivity contribution in [3.05, 3.63) is 132 Å². The van der Waals surface area contributed by atoms with Crippen LogP contribution >= 0.6 is 0 Å². The first-order valence-electron chi connectivity index (χ1n) is 15.4. The summed E-state index contributed by atoms with van der Waals surface area (Å²) < 4.78 is 18.8. The molecule has 7 rings (SSSR count). The van der Waals surface area contributed by atoms with E-state index in [1.54, 1.807) is 18.3 Å². The first-order valence-corrected chi connectivity index (χ1v) is 14.9. The molecule has 3 heterocycles. The van der Waals surface area contributed by atoms with E-state index in [9.17, 15) is 0 Å². The molecule has 43 heavy (non-hydrogen) atoms. The van der Waals surface area contributed by atoms with Crippen LogP contribution in [0.1, 0.15) is 38.1 Å². The SMILES string of the molecule is [2H]c1ccnc(-n2c3ccc(CCCC)cc3c3ccc(Oc4cccc(-n5nc(C)c(-c6ccccc6)c5C)c4)cc32)c1. The molecule has 0 aliphatic heterocycles. The first kappa shape index (κ1) is 25.5. The van der Waals surface area contributed by atoms with E-state index in [2.05, 4.69) is 91.0 Å². The van der Waals surface area contributed by atoms with Crippen LogP contribution in [0.25, 0.3) is 44.4 Å². The van der Waals surface area contributed by atoms with Crippen molar-refractivity contribution in [2.75, 3.05) is 0 Å². The molecule has 0 saturated heterocycles. The summed E-state index contributed by atoms with van der Waals surface area (Å²) in [5.74, 6) is 2.17. The Bertz CT molecular complexity index is 2130. The van der Waals surface area contributed by atoms with Crippen molar-refractivity contribution in [3.63, 3.8) is 0 Å². The van der Waals surface area contributed by atoms with Gasteiger partial charge in [-0.25, -0.2) is 9.67 Å². The Kier molecular flexibility index (Phi) is 6.69. The summed E-state index contributed by atoms with van der Waals surface area (Å²) in [6, 6.07) is 35.3. The minimum absolute atomic E-state index is 0.424. The van der Waals surface area contributed by atoms with Gasteiger partial charge < -0.3 is 4.74 Å². The van der Waals surface area contributed by atoms with Gasteiger partial charge in [0, 0.05) is 40.4 Å². The van der Waals surface area contributed by atoms with Gasteiger partial charge in [0.15, 0.2) is 0 Å². The Morgan fingerprint density at radius 3 is 2.49 bits per heavy atom. The van der Waals surface area contributed by atoms with Crippen LogP contribution in [-0.2, 0) is 6.42 Å². The van der Waals surface area contributed by atoms with Crippen molar-refractivity contribution in [2.45, 2.75) is 40.0 Å². The number of unbranched alkanes of at least 4 members (excludes halogenated alkanes) is 1. The molecule has 0 unspecified atom stereocenters. The molecule has 0 spiro atoms. The fraction of sp³-hybridized carbons (Fsp3) is 0.158. The summed E-state index contributed by atoms with van der Waals surface area (Å²) >= 11 is 0. The molecule has 212 valence electrons. The van der Waals surface area contributed by atoms with E-state index in [1.165, 1.54) is 10.9 Å². The molecular formula is C38H34N4O. The van der Waals surface area contributed by atoms with Gasteiger partial charge in [-0.2, -0.15) is 5.10 Å². The number of fused-ring (bicyclic) bond motifs is 3. The quantitative estimate of drug-likeness (QED) is 0.185. The molecule has 4 aromatic carbocycles. The summed E-state index contributed by atoms with van der Waals surface area (Å²) in [6.07, 6.45) is 5.07. The zero-order valence-electron chi connectivity index (χ0n) is 25.7. The first-order chi connectivity index (χ1) is 21.5. The highest BCUT2D eigenvalue weighted by molar-refractivity contribution is 6.09. The number of aryl methyl sites for hydroxylation is 2. The predicted molar refractivity (Wildman–Crippen MR) is 176 cm³/mol. The molecule has 5 heteroatoms. The molecule has 0 fully saturated rings. The number of nitrogens with zero attached hydrogens (tertiary/aromatic N) is 4. The molecule has 0 amide bonds. The lowest BCUT2D eigenvalue weighted by molar-refractivity contribution is 0.483. The summed E-state index contributed by atoms with van der Waals surface area (Å²) in [6.45, 7) is 6.38. The lowest BCUT2D eigenvalue weighted by atomic mass is 10.0. The van der Waals surface area contributed by atoms with Crippen molar-refractivity contribution in [3.8, 4) is 34.1 Å². The number of ether oxygens (including phenoxy) is 1. The Labute approximate surface area is 253 Å². The Morgan fingerprint density at radius 1 is 0.791 bits per heavy atom. The number of aromatic nitrogens is 4. The van der Waals surface area contributed by atoms with Gasteiger partial charge >= 0.3 is 0 Å². The maximum Gasteiger partial charge on any atom is 0.137 e. The van der Waals surface area contributed by atoms with E-state index in [0.717, 1.165) is 81.2 Å². The molecule has 5 nitrogen and oxygen atoms in total. The van der Waals surface area contributed by atoms with Crippen LogP contribution in [0.15, 0.2) is 115 Å². The van der Waals surface area contributed by atoms with Crippen LogP contribution < -0.4 is 4.74 Å². The number of rotatable bonds is 8. The molecule has 0 bridgehead atoms. The van der Waals surface area contributed by atoms with Crippen molar-refractivity contribution in [1.29, 1.82) is 0 Å². The number of benzene rings is 4. The third-order valence-electron chi connectivity index (χ3n) is 8.09. The van der Waals surface area contributed by atoms with E-state index >= 15 is 0 Å².